The standard InChI is InChI=1S/C22H25N5O2S2/c1-13-14(2)27(15-7-5-4-6-8-15)19(17(13)11-23)24-18(28)12-31-22-25-20-16(9-10-30-20)21(29)26(22)3/h9-10,15H,4-8,12H2,1-3H3,(H,24,28). The van der Waals surface area contributed by atoms with Gasteiger partial charge in [0, 0.05) is 18.8 Å². The van der Waals surface area contributed by atoms with Gasteiger partial charge in [0.25, 0.3) is 5.56 Å². The molecule has 4 rings (SSSR count). The Kier molecular flexibility index (Phi) is 6.21. The van der Waals surface area contributed by atoms with Crippen LogP contribution in [0.3, 0.4) is 0 Å². The van der Waals surface area contributed by atoms with E-state index in [2.05, 4.69) is 20.9 Å². The molecule has 1 aliphatic rings. The Morgan fingerprint density at radius 2 is 2.10 bits per heavy atom. The molecule has 0 unspecified atom stereocenters. The summed E-state index contributed by atoms with van der Waals surface area (Å²) in [5, 5.41) is 15.7. The number of nitriles is 1. The third kappa shape index (κ3) is 4.02. The number of aromatic nitrogens is 3. The Bertz CT molecular complexity index is 1240. The molecule has 0 aliphatic heterocycles. The van der Waals surface area contributed by atoms with Crippen LogP contribution in [-0.4, -0.2) is 25.8 Å². The van der Waals surface area contributed by atoms with Gasteiger partial charge in [0.15, 0.2) is 5.16 Å². The van der Waals surface area contributed by atoms with Crippen LogP contribution in [0, 0.1) is 25.2 Å². The fourth-order valence-corrected chi connectivity index (χ4v) is 5.87. The van der Waals surface area contributed by atoms with Gasteiger partial charge in [0.1, 0.15) is 16.7 Å². The lowest BCUT2D eigenvalue weighted by molar-refractivity contribution is -0.113. The molecule has 3 aromatic rings. The van der Waals surface area contributed by atoms with Gasteiger partial charge in [0.05, 0.1) is 16.7 Å². The molecule has 7 nitrogen and oxygen atoms in total. The Morgan fingerprint density at radius 3 is 2.81 bits per heavy atom. The monoisotopic (exact) mass is 455 g/mol. The number of amides is 1. The first-order valence-electron chi connectivity index (χ1n) is 10.4. The lowest BCUT2D eigenvalue weighted by Crippen LogP contribution is -2.23. The molecule has 0 spiro atoms. The average Bonchev–Trinajstić information content (AvgIpc) is 3.33. The molecule has 1 saturated carbocycles. The second kappa shape index (κ2) is 8.89. The number of nitrogens with one attached hydrogen (secondary N) is 1. The van der Waals surface area contributed by atoms with E-state index in [4.69, 9.17) is 0 Å². The minimum Gasteiger partial charge on any atom is -0.327 e. The van der Waals surface area contributed by atoms with Crippen LogP contribution in [-0.2, 0) is 11.8 Å². The van der Waals surface area contributed by atoms with E-state index in [9.17, 15) is 14.9 Å². The van der Waals surface area contributed by atoms with Crippen molar-refractivity contribution in [3.63, 3.8) is 0 Å². The molecule has 1 aliphatic carbocycles. The number of carbonyl (C=O) groups is 1. The van der Waals surface area contributed by atoms with Crippen molar-refractivity contribution in [3.8, 4) is 6.07 Å². The molecular formula is C22H25N5O2S2. The van der Waals surface area contributed by atoms with Crippen LogP contribution in [0.2, 0.25) is 0 Å². The van der Waals surface area contributed by atoms with Crippen molar-refractivity contribution in [3.05, 3.63) is 38.6 Å². The van der Waals surface area contributed by atoms with Gasteiger partial charge in [-0.2, -0.15) is 5.26 Å². The van der Waals surface area contributed by atoms with Crippen LogP contribution in [0.1, 0.15) is 55.0 Å². The highest BCUT2D eigenvalue weighted by atomic mass is 32.2. The summed E-state index contributed by atoms with van der Waals surface area (Å²) in [4.78, 5) is 30.5. The first kappa shape index (κ1) is 21.7. The number of anilines is 1. The van der Waals surface area contributed by atoms with Gasteiger partial charge in [0.2, 0.25) is 5.91 Å². The zero-order chi connectivity index (χ0) is 22.1. The summed E-state index contributed by atoms with van der Waals surface area (Å²) >= 11 is 2.64. The van der Waals surface area contributed by atoms with Crippen LogP contribution in [0.4, 0.5) is 5.82 Å². The quantitative estimate of drug-likeness (QED) is 0.451. The molecule has 0 aromatic carbocycles. The first-order chi connectivity index (χ1) is 14.9. The lowest BCUT2D eigenvalue weighted by atomic mass is 9.95. The van der Waals surface area contributed by atoms with Crippen molar-refractivity contribution < 1.29 is 4.79 Å². The lowest BCUT2D eigenvalue weighted by Gasteiger charge is -2.27. The maximum absolute atomic E-state index is 12.9. The number of thioether (sulfide) groups is 1. The molecule has 0 saturated heterocycles. The topological polar surface area (TPSA) is 92.7 Å². The first-order valence-corrected chi connectivity index (χ1v) is 12.3. The van der Waals surface area contributed by atoms with Crippen molar-refractivity contribution in [1.29, 1.82) is 5.26 Å². The molecule has 0 atom stereocenters. The van der Waals surface area contributed by atoms with Crippen LogP contribution in [0.25, 0.3) is 10.2 Å². The number of hydrogen-bond acceptors (Lipinski definition) is 6. The third-order valence-electron chi connectivity index (χ3n) is 6.06. The van der Waals surface area contributed by atoms with Gasteiger partial charge in [-0.3, -0.25) is 14.2 Å². The van der Waals surface area contributed by atoms with Gasteiger partial charge >= 0.3 is 0 Å². The van der Waals surface area contributed by atoms with Crippen LogP contribution >= 0.6 is 23.1 Å². The second-order valence-corrected chi connectivity index (χ2v) is 9.78. The summed E-state index contributed by atoms with van der Waals surface area (Å²) in [7, 11) is 1.67. The number of nitrogens with zero attached hydrogens (tertiary/aromatic N) is 4. The van der Waals surface area contributed by atoms with Gasteiger partial charge in [-0.1, -0.05) is 31.0 Å². The number of hydrogen-bond donors (Lipinski definition) is 1. The smallest absolute Gasteiger partial charge is 0.262 e. The largest absolute Gasteiger partial charge is 0.327 e. The minimum absolute atomic E-state index is 0.107. The molecule has 1 fully saturated rings. The summed E-state index contributed by atoms with van der Waals surface area (Å²) < 4.78 is 3.63. The van der Waals surface area contributed by atoms with Gasteiger partial charge < -0.3 is 9.88 Å². The highest BCUT2D eigenvalue weighted by molar-refractivity contribution is 7.99. The van der Waals surface area contributed by atoms with Crippen LogP contribution in [0.15, 0.2) is 21.4 Å². The van der Waals surface area contributed by atoms with Gasteiger partial charge in [-0.15, -0.1) is 11.3 Å². The van der Waals surface area contributed by atoms with Crippen LogP contribution < -0.4 is 10.9 Å². The summed E-state index contributed by atoms with van der Waals surface area (Å²) in [5.74, 6) is 0.498. The molecule has 9 heteroatoms. The van der Waals surface area contributed by atoms with E-state index in [-0.39, 0.29) is 17.2 Å². The maximum atomic E-state index is 12.9. The molecule has 1 N–H and O–H groups in total. The molecule has 3 heterocycles. The Hall–Kier alpha value is -2.57. The van der Waals surface area contributed by atoms with E-state index < -0.39 is 0 Å². The van der Waals surface area contributed by atoms with E-state index in [1.165, 1.54) is 34.1 Å². The molecular weight excluding hydrogens is 430 g/mol. The fourth-order valence-electron chi connectivity index (χ4n) is 4.29. The zero-order valence-corrected chi connectivity index (χ0v) is 19.5. The van der Waals surface area contributed by atoms with E-state index >= 15 is 0 Å². The normalized spacial score (nSPS) is 14.6. The van der Waals surface area contributed by atoms with Crippen molar-refractivity contribution in [2.45, 2.75) is 57.1 Å². The molecule has 0 radical (unpaired) electrons. The molecule has 3 aromatic heterocycles. The average molecular weight is 456 g/mol. The Balaban J connectivity index is 1.56. The number of thiophene rings is 1. The summed E-state index contributed by atoms with van der Waals surface area (Å²) in [6.07, 6.45) is 5.68. The fraction of sp³-hybridized carbons (Fsp3) is 0.455. The summed E-state index contributed by atoms with van der Waals surface area (Å²) in [6.45, 7) is 3.96. The zero-order valence-electron chi connectivity index (χ0n) is 17.9. The predicted octanol–water partition coefficient (Wildman–Crippen LogP) is 4.52. The second-order valence-electron chi connectivity index (χ2n) is 7.94. The molecule has 0 bridgehead atoms. The summed E-state index contributed by atoms with van der Waals surface area (Å²) in [5.41, 5.74) is 2.38. The van der Waals surface area contributed by atoms with Crippen molar-refractivity contribution in [2.24, 2.45) is 7.05 Å². The Morgan fingerprint density at radius 1 is 1.35 bits per heavy atom. The highest BCUT2D eigenvalue weighted by Gasteiger charge is 2.26. The number of rotatable bonds is 5. The van der Waals surface area contributed by atoms with Crippen molar-refractivity contribution >= 4 is 45.0 Å². The molecule has 31 heavy (non-hydrogen) atoms. The van der Waals surface area contributed by atoms with Gasteiger partial charge in [-0.05, 0) is 43.7 Å². The SMILES string of the molecule is Cc1c(C#N)c(NC(=O)CSc2nc3sccc3c(=O)n2C)n(C2CCCCC2)c1C. The molecule has 162 valence electrons. The number of fused-ring (bicyclic) bond motifs is 1. The highest BCUT2D eigenvalue weighted by Crippen LogP contribution is 2.36. The van der Waals surface area contributed by atoms with Gasteiger partial charge in [-0.25, -0.2) is 4.98 Å². The molecule has 1 amide bonds. The maximum Gasteiger partial charge on any atom is 0.262 e. The van der Waals surface area contributed by atoms with E-state index in [0.29, 0.717) is 32.8 Å². The van der Waals surface area contributed by atoms with E-state index in [1.54, 1.807) is 13.1 Å². The van der Waals surface area contributed by atoms with E-state index in [1.807, 2.05) is 19.2 Å². The Labute approximate surface area is 189 Å². The minimum atomic E-state index is -0.211. The van der Waals surface area contributed by atoms with E-state index in [0.717, 1.165) is 36.9 Å². The third-order valence-corrected chi connectivity index (χ3v) is 7.90. The predicted molar refractivity (Wildman–Crippen MR) is 125 cm³/mol. The summed E-state index contributed by atoms with van der Waals surface area (Å²) in [6, 6.07) is 4.35. The van der Waals surface area contributed by atoms with Crippen molar-refractivity contribution in [1.82, 2.24) is 14.1 Å². The van der Waals surface area contributed by atoms with Crippen LogP contribution in [0.5, 0.6) is 0 Å². The van der Waals surface area contributed by atoms with Crippen molar-refractivity contribution in [2.75, 3.05) is 11.1 Å². The number of carbonyl (C=O) groups excluding carboxylic acids is 1.